The Hall–Kier alpha value is -3.47. The maximum Gasteiger partial charge on any atom is 0.191 e. The highest BCUT2D eigenvalue weighted by Crippen LogP contribution is 2.39. The number of nitrogens with one attached hydrogen (secondary N) is 1. The van der Waals surface area contributed by atoms with Crippen molar-refractivity contribution in [3.63, 3.8) is 0 Å². The van der Waals surface area contributed by atoms with Gasteiger partial charge < -0.3 is 29.0 Å². The summed E-state index contributed by atoms with van der Waals surface area (Å²) in [5.41, 5.74) is 4.69. The Morgan fingerprint density at radius 3 is 2.68 bits per heavy atom. The van der Waals surface area contributed by atoms with Crippen molar-refractivity contribution < 1.29 is 18.8 Å². The van der Waals surface area contributed by atoms with E-state index in [4.69, 9.17) is 35.2 Å². The molecule has 1 aliphatic heterocycles. The fourth-order valence-corrected chi connectivity index (χ4v) is 4.77. The number of oxazole rings is 1. The molecule has 10 nitrogen and oxygen atoms in total. The molecule has 0 bridgehead atoms. The lowest BCUT2D eigenvalue weighted by Crippen LogP contribution is -2.29. The maximum absolute atomic E-state index is 10.0. The molecule has 2 N–H and O–H groups in total. The first-order chi connectivity index (χ1) is 17.7. The predicted octanol–water partition coefficient (Wildman–Crippen LogP) is 4.15. The van der Waals surface area contributed by atoms with Crippen molar-refractivity contribution >= 4 is 17.4 Å². The molecule has 0 radical (unpaired) electrons. The molecule has 0 spiro atoms. The van der Waals surface area contributed by atoms with Crippen LogP contribution in [0.5, 0.6) is 5.75 Å². The van der Waals surface area contributed by atoms with Gasteiger partial charge in [-0.15, -0.1) is 0 Å². The monoisotopic (exact) mass is 524 g/mol. The van der Waals surface area contributed by atoms with E-state index in [2.05, 4.69) is 20.4 Å². The third kappa shape index (κ3) is 4.92. The molecule has 0 saturated heterocycles. The number of hydrogen-bond donors (Lipinski definition) is 2. The van der Waals surface area contributed by atoms with Gasteiger partial charge in [0.05, 0.1) is 35.1 Å². The van der Waals surface area contributed by atoms with Crippen LogP contribution in [0.15, 0.2) is 27.1 Å². The summed E-state index contributed by atoms with van der Waals surface area (Å²) in [6.45, 7) is 9.28. The fourth-order valence-electron chi connectivity index (χ4n) is 4.57. The SMILES string of the molecule is CNC[C@@H](O)COc1ccc(Cl)c(-c2nc(-c3c(C)noc3C)c(C)c(N3Cc4nc(C)oc4C3)n2)c1. The Labute approximate surface area is 219 Å². The van der Waals surface area contributed by atoms with E-state index in [1.165, 1.54) is 0 Å². The van der Waals surface area contributed by atoms with Crippen LogP contribution < -0.4 is 15.0 Å². The molecule has 37 heavy (non-hydrogen) atoms. The molecule has 11 heteroatoms. The third-order valence-electron chi connectivity index (χ3n) is 6.31. The van der Waals surface area contributed by atoms with Gasteiger partial charge >= 0.3 is 0 Å². The topological polar surface area (TPSA) is 123 Å². The number of aliphatic hydroxyl groups excluding tert-OH is 1. The minimum absolute atomic E-state index is 0.136. The van der Waals surface area contributed by atoms with Crippen molar-refractivity contribution in [2.45, 2.75) is 46.9 Å². The number of likely N-dealkylation sites (N-methyl/N-ethyl adjacent to an activating group) is 1. The highest BCUT2D eigenvalue weighted by atomic mass is 35.5. The summed E-state index contributed by atoms with van der Waals surface area (Å²) in [7, 11) is 1.77. The molecule has 1 aliphatic rings. The predicted molar refractivity (Wildman–Crippen MR) is 139 cm³/mol. The molecule has 1 aromatic carbocycles. The van der Waals surface area contributed by atoms with Crippen molar-refractivity contribution in [1.82, 2.24) is 25.4 Å². The van der Waals surface area contributed by atoms with Crippen molar-refractivity contribution in [2.75, 3.05) is 25.1 Å². The molecule has 4 aromatic rings. The summed E-state index contributed by atoms with van der Waals surface area (Å²) < 4.78 is 17.1. The molecule has 1 atom stereocenters. The standard InChI is InChI=1S/C26H29ClN6O4/c1-13-24(23-14(2)32-37-15(23)3)30-25(31-26(13)33-10-21-22(11-33)36-16(4)29-21)19-8-18(6-7-20(19)27)35-12-17(34)9-28-5/h6-8,17,28,34H,9-12H2,1-5H3/t17-/m1/s1. The van der Waals surface area contributed by atoms with E-state index in [9.17, 15) is 5.11 Å². The van der Waals surface area contributed by atoms with Gasteiger partial charge in [-0.2, -0.15) is 0 Å². The number of halogens is 1. The minimum Gasteiger partial charge on any atom is -0.491 e. The van der Waals surface area contributed by atoms with Gasteiger partial charge in [0.25, 0.3) is 0 Å². The number of nitrogens with zero attached hydrogens (tertiary/aromatic N) is 5. The Morgan fingerprint density at radius 1 is 1.16 bits per heavy atom. The largest absolute Gasteiger partial charge is 0.491 e. The lowest BCUT2D eigenvalue weighted by molar-refractivity contribution is 0.108. The zero-order chi connectivity index (χ0) is 26.3. The average molecular weight is 525 g/mol. The van der Waals surface area contributed by atoms with E-state index >= 15 is 0 Å². The van der Waals surface area contributed by atoms with Crippen molar-refractivity contribution in [3.8, 4) is 28.4 Å². The van der Waals surface area contributed by atoms with Crippen molar-refractivity contribution in [2.24, 2.45) is 0 Å². The number of fused-ring (bicyclic) bond motifs is 1. The summed E-state index contributed by atoms with van der Waals surface area (Å²) in [4.78, 5) is 16.5. The van der Waals surface area contributed by atoms with Crippen LogP contribution in [0.4, 0.5) is 5.82 Å². The van der Waals surface area contributed by atoms with E-state index in [0.29, 0.717) is 53.4 Å². The van der Waals surface area contributed by atoms with Crippen LogP contribution in [0.3, 0.4) is 0 Å². The first-order valence-corrected chi connectivity index (χ1v) is 12.4. The molecule has 0 fully saturated rings. The first-order valence-electron chi connectivity index (χ1n) is 12.0. The Morgan fingerprint density at radius 2 is 1.97 bits per heavy atom. The zero-order valence-corrected chi connectivity index (χ0v) is 22.2. The molecule has 0 amide bonds. The highest BCUT2D eigenvalue weighted by molar-refractivity contribution is 6.33. The number of rotatable bonds is 8. The van der Waals surface area contributed by atoms with Crippen LogP contribution in [0.25, 0.3) is 22.6 Å². The number of ether oxygens (including phenoxy) is 1. The smallest absolute Gasteiger partial charge is 0.191 e. The number of anilines is 1. The van der Waals surface area contributed by atoms with Crippen molar-refractivity contribution in [3.05, 3.63) is 57.6 Å². The molecule has 0 aliphatic carbocycles. The second-order valence-corrected chi connectivity index (χ2v) is 9.57. The maximum atomic E-state index is 10.0. The number of aromatic nitrogens is 4. The van der Waals surface area contributed by atoms with Crippen LogP contribution >= 0.6 is 11.6 Å². The molecule has 0 unspecified atom stereocenters. The fraction of sp³-hybridized carbons (Fsp3) is 0.385. The van der Waals surface area contributed by atoms with Gasteiger partial charge in [-0.25, -0.2) is 15.0 Å². The van der Waals surface area contributed by atoms with E-state index in [0.717, 1.165) is 39.8 Å². The lowest BCUT2D eigenvalue weighted by Gasteiger charge is -2.21. The normalized spacial score (nSPS) is 13.8. The van der Waals surface area contributed by atoms with Gasteiger partial charge in [-0.1, -0.05) is 16.8 Å². The van der Waals surface area contributed by atoms with E-state index in [1.807, 2.05) is 27.7 Å². The van der Waals surface area contributed by atoms with Crippen LogP contribution in [0.2, 0.25) is 5.02 Å². The Balaban J connectivity index is 1.59. The van der Waals surface area contributed by atoms with Gasteiger partial charge in [-0.05, 0) is 46.0 Å². The van der Waals surface area contributed by atoms with Gasteiger partial charge in [0.15, 0.2) is 11.7 Å². The zero-order valence-electron chi connectivity index (χ0n) is 21.4. The first kappa shape index (κ1) is 25.2. The van der Waals surface area contributed by atoms with Crippen LogP contribution in [-0.2, 0) is 13.1 Å². The van der Waals surface area contributed by atoms with E-state index in [1.54, 1.807) is 25.2 Å². The van der Waals surface area contributed by atoms with Gasteiger partial charge in [-0.3, -0.25) is 0 Å². The second kappa shape index (κ2) is 10.1. The lowest BCUT2D eigenvalue weighted by atomic mass is 10.0. The van der Waals surface area contributed by atoms with Gasteiger partial charge in [0, 0.05) is 24.6 Å². The molecular weight excluding hydrogens is 496 g/mol. The summed E-state index contributed by atoms with van der Waals surface area (Å²) in [6.07, 6.45) is -0.643. The molecule has 194 valence electrons. The summed E-state index contributed by atoms with van der Waals surface area (Å²) in [6, 6.07) is 5.29. The number of aryl methyl sites for hydroxylation is 3. The second-order valence-electron chi connectivity index (χ2n) is 9.17. The molecule has 5 rings (SSSR count). The summed E-state index contributed by atoms with van der Waals surface area (Å²) in [5, 5.41) is 17.6. The van der Waals surface area contributed by atoms with Crippen molar-refractivity contribution in [1.29, 1.82) is 0 Å². The molecular formula is C26H29ClN6O4. The van der Waals surface area contributed by atoms with Crippen LogP contribution in [0.1, 0.15) is 34.4 Å². The van der Waals surface area contributed by atoms with Crippen LogP contribution in [0, 0.1) is 27.7 Å². The summed E-state index contributed by atoms with van der Waals surface area (Å²) >= 11 is 6.64. The third-order valence-corrected chi connectivity index (χ3v) is 6.64. The Bertz CT molecular complexity index is 1410. The highest BCUT2D eigenvalue weighted by Gasteiger charge is 2.30. The minimum atomic E-state index is -0.643. The quantitative estimate of drug-likeness (QED) is 0.347. The van der Waals surface area contributed by atoms with Gasteiger partial charge in [0.2, 0.25) is 0 Å². The summed E-state index contributed by atoms with van der Waals surface area (Å²) in [5.74, 6) is 3.91. The number of hydrogen-bond acceptors (Lipinski definition) is 10. The van der Waals surface area contributed by atoms with E-state index in [-0.39, 0.29) is 6.61 Å². The van der Waals surface area contributed by atoms with Crippen LogP contribution in [-0.4, -0.2) is 51.5 Å². The average Bonchev–Trinajstić information content (AvgIpc) is 3.51. The van der Waals surface area contributed by atoms with E-state index < -0.39 is 6.10 Å². The number of aliphatic hydroxyl groups is 1. The Kier molecular flexibility index (Phi) is 6.89. The van der Waals surface area contributed by atoms with Gasteiger partial charge in [0.1, 0.15) is 41.5 Å². The molecule has 4 heterocycles. The molecule has 3 aromatic heterocycles. The molecule has 0 saturated carbocycles. The number of benzene rings is 1.